The zero-order valence-electron chi connectivity index (χ0n) is 11.7. The van der Waals surface area contributed by atoms with Gasteiger partial charge in [-0.3, -0.25) is 4.98 Å². The third-order valence-electron chi connectivity index (χ3n) is 4.12. The van der Waals surface area contributed by atoms with E-state index in [0.29, 0.717) is 5.92 Å². The molecule has 1 unspecified atom stereocenters. The van der Waals surface area contributed by atoms with Gasteiger partial charge in [0.05, 0.1) is 5.52 Å². The highest BCUT2D eigenvalue weighted by molar-refractivity contribution is 5.89. The van der Waals surface area contributed by atoms with Crippen LogP contribution < -0.4 is 4.90 Å². The van der Waals surface area contributed by atoms with Gasteiger partial charge in [-0.1, -0.05) is 18.2 Å². The van der Waals surface area contributed by atoms with Crippen LogP contribution in [-0.4, -0.2) is 28.0 Å². The zero-order valence-corrected chi connectivity index (χ0v) is 11.7. The molecule has 0 radical (unpaired) electrons. The van der Waals surface area contributed by atoms with Crippen LogP contribution in [0.15, 0.2) is 55.0 Å². The molecule has 4 nitrogen and oxygen atoms in total. The highest BCUT2D eigenvalue weighted by Crippen LogP contribution is 2.31. The Morgan fingerprint density at radius 3 is 2.76 bits per heavy atom. The molecule has 3 aromatic rings. The summed E-state index contributed by atoms with van der Waals surface area (Å²) in [5.41, 5.74) is 2.18. The maximum Gasteiger partial charge on any atom is 0.139 e. The second-order valence-corrected chi connectivity index (χ2v) is 5.40. The molecule has 21 heavy (non-hydrogen) atoms. The highest BCUT2D eigenvalue weighted by Gasteiger charge is 2.26. The fraction of sp³-hybridized carbons (Fsp3) is 0.235. The average molecular weight is 276 g/mol. The molecule has 4 rings (SSSR count). The first-order valence-electron chi connectivity index (χ1n) is 7.27. The number of aromatic nitrogens is 3. The van der Waals surface area contributed by atoms with Gasteiger partial charge in [0.2, 0.25) is 0 Å². The first kappa shape index (κ1) is 12.3. The second-order valence-electron chi connectivity index (χ2n) is 5.40. The number of para-hydroxylation sites is 1. The summed E-state index contributed by atoms with van der Waals surface area (Å²) in [5, 5.41) is 1.13. The lowest BCUT2D eigenvalue weighted by molar-refractivity contribution is 0.744. The van der Waals surface area contributed by atoms with E-state index in [9.17, 15) is 0 Å². The fourth-order valence-corrected chi connectivity index (χ4v) is 3.05. The fourth-order valence-electron chi connectivity index (χ4n) is 3.05. The molecule has 0 bridgehead atoms. The summed E-state index contributed by atoms with van der Waals surface area (Å²) in [4.78, 5) is 15.7. The predicted octanol–water partition coefficient (Wildman–Crippen LogP) is 3.02. The summed E-state index contributed by atoms with van der Waals surface area (Å²) in [6.07, 6.45) is 4.65. The Morgan fingerprint density at radius 2 is 1.86 bits per heavy atom. The van der Waals surface area contributed by atoms with Crippen LogP contribution in [0.3, 0.4) is 0 Å². The van der Waals surface area contributed by atoms with Gasteiger partial charge in [0.1, 0.15) is 12.1 Å². The number of hydrogen-bond acceptors (Lipinski definition) is 4. The number of benzene rings is 1. The molecular formula is C17H16N4. The number of pyridine rings is 1. The van der Waals surface area contributed by atoms with Crippen molar-refractivity contribution in [2.75, 3.05) is 18.0 Å². The van der Waals surface area contributed by atoms with Crippen molar-refractivity contribution in [3.63, 3.8) is 0 Å². The quantitative estimate of drug-likeness (QED) is 0.721. The molecule has 1 saturated heterocycles. The van der Waals surface area contributed by atoms with Gasteiger partial charge in [0, 0.05) is 36.3 Å². The molecule has 3 heterocycles. The molecule has 4 heteroatoms. The third-order valence-corrected chi connectivity index (χ3v) is 4.12. The Labute approximate surface area is 123 Å². The number of anilines is 1. The minimum atomic E-state index is 0.486. The predicted molar refractivity (Wildman–Crippen MR) is 83.3 cm³/mol. The van der Waals surface area contributed by atoms with Crippen LogP contribution in [0.5, 0.6) is 0 Å². The minimum absolute atomic E-state index is 0.486. The van der Waals surface area contributed by atoms with Crippen molar-refractivity contribution >= 4 is 16.7 Å². The van der Waals surface area contributed by atoms with Gasteiger partial charge >= 0.3 is 0 Å². The molecule has 104 valence electrons. The largest absolute Gasteiger partial charge is 0.355 e. The molecule has 1 aliphatic rings. The standard InChI is InChI=1S/C17H16N4/c1-2-7-16-14(5-1)17(20-12-19-16)21-10-8-13(11-21)15-6-3-4-9-18-15/h1-7,9,12-13H,8,10-11H2. The lowest BCUT2D eigenvalue weighted by Crippen LogP contribution is -2.21. The molecule has 0 N–H and O–H groups in total. The van der Waals surface area contributed by atoms with Crippen molar-refractivity contribution in [3.8, 4) is 0 Å². The van der Waals surface area contributed by atoms with Gasteiger partial charge in [-0.15, -0.1) is 0 Å². The van der Waals surface area contributed by atoms with Gasteiger partial charge in [-0.25, -0.2) is 9.97 Å². The van der Waals surface area contributed by atoms with Crippen LogP contribution in [0.1, 0.15) is 18.0 Å². The molecular weight excluding hydrogens is 260 g/mol. The highest BCUT2D eigenvalue weighted by atomic mass is 15.2. The summed E-state index contributed by atoms with van der Waals surface area (Å²) in [7, 11) is 0. The monoisotopic (exact) mass is 276 g/mol. The molecule has 1 aliphatic heterocycles. The molecule has 0 aliphatic carbocycles. The SMILES string of the molecule is c1ccc(C2CCN(c3ncnc4ccccc34)C2)nc1. The van der Waals surface area contributed by atoms with Crippen LogP contribution >= 0.6 is 0 Å². The Bertz CT molecular complexity index is 752. The second kappa shape index (κ2) is 5.13. The van der Waals surface area contributed by atoms with Crippen molar-refractivity contribution in [2.45, 2.75) is 12.3 Å². The number of rotatable bonds is 2. The summed E-state index contributed by atoms with van der Waals surface area (Å²) in [6.45, 7) is 1.99. The summed E-state index contributed by atoms with van der Waals surface area (Å²) >= 11 is 0. The molecule has 0 spiro atoms. The van der Waals surface area contributed by atoms with Crippen LogP contribution in [-0.2, 0) is 0 Å². The normalized spacial score (nSPS) is 18.3. The maximum absolute atomic E-state index is 4.51. The van der Waals surface area contributed by atoms with E-state index in [1.54, 1.807) is 6.33 Å². The number of nitrogens with zero attached hydrogens (tertiary/aromatic N) is 4. The van der Waals surface area contributed by atoms with Crippen molar-refractivity contribution in [1.29, 1.82) is 0 Å². The summed E-state index contributed by atoms with van der Waals surface area (Å²) in [6, 6.07) is 14.3. The van der Waals surface area contributed by atoms with Crippen LogP contribution in [0.4, 0.5) is 5.82 Å². The van der Waals surface area contributed by atoms with Gasteiger partial charge in [-0.05, 0) is 30.7 Å². The van der Waals surface area contributed by atoms with E-state index in [4.69, 9.17) is 0 Å². The van der Waals surface area contributed by atoms with E-state index in [1.807, 2.05) is 30.5 Å². The van der Waals surface area contributed by atoms with Gasteiger partial charge in [0.25, 0.3) is 0 Å². The van der Waals surface area contributed by atoms with E-state index >= 15 is 0 Å². The van der Waals surface area contributed by atoms with E-state index in [0.717, 1.165) is 36.2 Å². The minimum Gasteiger partial charge on any atom is -0.355 e. The van der Waals surface area contributed by atoms with Crippen molar-refractivity contribution in [2.24, 2.45) is 0 Å². The van der Waals surface area contributed by atoms with Crippen LogP contribution in [0, 0.1) is 0 Å². The zero-order chi connectivity index (χ0) is 14.1. The molecule has 1 atom stereocenters. The van der Waals surface area contributed by atoms with Crippen LogP contribution in [0.25, 0.3) is 10.9 Å². The lowest BCUT2D eigenvalue weighted by atomic mass is 10.0. The number of hydrogen-bond donors (Lipinski definition) is 0. The van der Waals surface area contributed by atoms with Gasteiger partial charge in [-0.2, -0.15) is 0 Å². The van der Waals surface area contributed by atoms with E-state index in [-0.39, 0.29) is 0 Å². The van der Waals surface area contributed by atoms with Crippen molar-refractivity contribution in [3.05, 3.63) is 60.7 Å². The Morgan fingerprint density at radius 1 is 0.952 bits per heavy atom. The third kappa shape index (κ3) is 2.23. The summed E-state index contributed by atoms with van der Waals surface area (Å²) < 4.78 is 0. The van der Waals surface area contributed by atoms with Crippen molar-refractivity contribution < 1.29 is 0 Å². The van der Waals surface area contributed by atoms with E-state index in [2.05, 4.69) is 38.1 Å². The summed E-state index contributed by atoms with van der Waals surface area (Å²) in [5.74, 6) is 1.53. The van der Waals surface area contributed by atoms with Crippen LogP contribution in [0.2, 0.25) is 0 Å². The Kier molecular flexibility index (Phi) is 2.99. The van der Waals surface area contributed by atoms with E-state index in [1.165, 1.54) is 5.69 Å². The first-order valence-corrected chi connectivity index (χ1v) is 7.27. The number of fused-ring (bicyclic) bond motifs is 1. The van der Waals surface area contributed by atoms with Gasteiger partial charge in [0.15, 0.2) is 0 Å². The Hall–Kier alpha value is -2.49. The maximum atomic E-state index is 4.51. The molecule has 1 aromatic carbocycles. The Balaban J connectivity index is 1.66. The first-order chi connectivity index (χ1) is 10.4. The van der Waals surface area contributed by atoms with Crippen molar-refractivity contribution in [1.82, 2.24) is 15.0 Å². The molecule has 2 aromatic heterocycles. The lowest BCUT2D eigenvalue weighted by Gasteiger charge is -2.18. The molecule has 0 saturated carbocycles. The average Bonchev–Trinajstić information content (AvgIpc) is 3.05. The smallest absolute Gasteiger partial charge is 0.139 e. The van der Waals surface area contributed by atoms with E-state index < -0.39 is 0 Å². The van der Waals surface area contributed by atoms with Gasteiger partial charge < -0.3 is 4.90 Å². The topological polar surface area (TPSA) is 41.9 Å². The molecule has 1 fully saturated rings. The molecule has 0 amide bonds.